The average molecular weight is 1410 g/mol. The van der Waals surface area contributed by atoms with Crippen molar-refractivity contribution in [1.29, 1.82) is 0 Å². The van der Waals surface area contributed by atoms with Gasteiger partial charge in [-0.15, -0.1) is 0 Å². The van der Waals surface area contributed by atoms with Gasteiger partial charge in [0, 0.05) is 75.5 Å². The van der Waals surface area contributed by atoms with Crippen molar-refractivity contribution in [1.82, 2.24) is 84.5 Å². The Morgan fingerprint density at radius 1 is 0.354 bits per heavy atom. The molecule has 99 heavy (non-hydrogen) atoms. The summed E-state index contributed by atoms with van der Waals surface area (Å²) >= 11 is 0. The van der Waals surface area contributed by atoms with E-state index in [-0.39, 0.29) is 5.91 Å². The summed E-state index contributed by atoms with van der Waals surface area (Å²) in [6.07, 6.45) is 30.7. The maximum atomic E-state index is 10.5. The zero-order valence-corrected chi connectivity index (χ0v) is 72.7. The Balaban J connectivity index is -0.000000493. The first-order valence-electron chi connectivity index (χ1n) is 41.7. The first-order valence-corrected chi connectivity index (χ1v) is 41.7. The molecule has 18 heteroatoms. The monoisotopic (exact) mass is 1410 g/mol. The molecule has 3 N–H and O–H groups in total. The SMILES string of the molecule is CC.CC.CC.CC.CC.CN1CCC(N(C)C)C1.CN1CCC1.CN1CCCC1.CN1CCCC1.CN1CCCCC1.CN1CCCCC1.CN1CCCCC1.CN1CCCN(C)CC1.CN1CCNC(=O)C1.CN1C[C@H]2C[C@@H]1CN2C.CNC1(C)CCC1.CNC1CCN(C)CC1. The summed E-state index contributed by atoms with van der Waals surface area (Å²) in [4.78, 5) is 43.5. The average Bonchev–Trinajstić information content (AvgIpc) is 1.68. The minimum atomic E-state index is 0.138. The number of piperidine rings is 4. The van der Waals surface area contributed by atoms with Crippen molar-refractivity contribution in [2.45, 2.75) is 247 Å². The Morgan fingerprint density at radius 3 is 0.818 bits per heavy atom. The zero-order chi connectivity index (χ0) is 75.8. The molecule has 2 bridgehead atoms. The number of fused-ring (bicyclic) bond motifs is 2. The van der Waals surface area contributed by atoms with Crippen LogP contribution in [-0.2, 0) is 4.79 Å². The molecule has 0 spiro atoms. The standard InChI is InChI=1S/C7H14N2.3C7H16N2.4C6H13N.C5H10N2O.2C5H11N.C4H9N.5C2H6/c1-8-4-7-3-6(8)5-9(7)2;1-8(2)7-4-5-9(3)6-7;1-8-7-3-5-9(2)6-4-7;1-8-4-3-5-9(2)7-6-8;1-6(7-2)4-3-5-6;3*1-7-5-3-2-4-6-7;1-7-3-2-6-5(8)4-7;2*1-6-4-2-3-5-6;1-5-3-2-4-5;5*1-2/h6-7H,3-5H2,1-2H3;7H,4-6H2,1-3H3;7-8H,3-6H2,1-2H3;3-7H2,1-2H3;7H,3-5H2,1-2H3;3*2-6H2,1H3;2-4H2,1H3,(H,6,8);2*2-5H2,1H3;2-4H2,1H3;5*1-2H3/t6-,7-;;;;;;;;;;;;;;;;/m1................/s1. The van der Waals surface area contributed by atoms with Crippen LogP contribution in [-0.4, -0.2) is 388 Å². The summed E-state index contributed by atoms with van der Waals surface area (Å²) in [5.74, 6) is 0.138. The van der Waals surface area contributed by atoms with Gasteiger partial charge >= 0.3 is 0 Å². The lowest BCUT2D eigenvalue weighted by Crippen LogP contribution is -2.45. The Bertz CT molecular complexity index is 1520. The van der Waals surface area contributed by atoms with Crippen molar-refractivity contribution < 1.29 is 4.79 Å². The van der Waals surface area contributed by atoms with Gasteiger partial charge in [-0.05, 0) is 360 Å². The highest BCUT2D eigenvalue weighted by atomic mass is 16.2. The second-order valence-electron chi connectivity index (χ2n) is 29.9. The van der Waals surface area contributed by atoms with Gasteiger partial charge < -0.3 is 79.6 Å². The number of likely N-dealkylation sites (tertiary alicyclic amines) is 10. The van der Waals surface area contributed by atoms with E-state index in [0.717, 1.165) is 37.3 Å². The van der Waals surface area contributed by atoms with Gasteiger partial charge in [-0.1, -0.05) is 88.5 Å². The first-order chi connectivity index (χ1) is 47.5. The maximum absolute atomic E-state index is 10.5. The third-order valence-electron chi connectivity index (χ3n) is 20.7. The number of piperazine rings is 2. The summed E-state index contributed by atoms with van der Waals surface area (Å²) in [6, 6.07) is 3.33. The van der Waals surface area contributed by atoms with Gasteiger partial charge in [0.25, 0.3) is 0 Å². The molecule has 1 unspecified atom stereocenters. The normalized spacial score (nSPS) is 25.2. The van der Waals surface area contributed by atoms with E-state index in [9.17, 15) is 4.79 Å². The molecule has 12 heterocycles. The third-order valence-corrected chi connectivity index (χ3v) is 20.7. The lowest BCUT2D eigenvalue weighted by molar-refractivity contribution is -0.123. The number of carbonyl (C=O) groups excluding carboxylic acids is 1. The quantitative estimate of drug-likeness (QED) is 0.250. The number of rotatable bonds is 3. The summed E-state index contributed by atoms with van der Waals surface area (Å²) in [7, 11) is 36.6. The van der Waals surface area contributed by atoms with Crippen molar-refractivity contribution >= 4 is 5.91 Å². The lowest BCUT2D eigenvalue weighted by Gasteiger charge is -2.37. The summed E-state index contributed by atoms with van der Waals surface area (Å²) in [5.41, 5.74) is 0.514. The van der Waals surface area contributed by atoms with Crippen molar-refractivity contribution in [2.24, 2.45) is 0 Å². The van der Waals surface area contributed by atoms with E-state index in [0.29, 0.717) is 12.1 Å². The Labute approximate surface area is 622 Å². The number of amides is 1. The minimum absolute atomic E-state index is 0.138. The molecular formula is C81H185N17O. The predicted octanol–water partition coefficient (Wildman–Crippen LogP) is 11.2. The van der Waals surface area contributed by atoms with Crippen molar-refractivity contribution in [3.63, 3.8) is 0 Å². The highest BCUT2D eigenvalue weighted by Gasteiger charge is 2.39. The van der Waals surface area contributed by atoms with Gasteiger partial charge in [0.2, 0.25) is 5.91 Å². The van der Waals surface area contributed by atoms with Gasteiger partial charge in [-0.2, -0.15) is 0 Å². The van der Waals surface area contributed by atoms with Crippen LogP contribution in [0, 0.1) is 0 Å². The van der Waals surface area contributed by atoms with Crippen LogP contribution in [0.2, 0.25) is 0 Å². The van der Waals surface area contributed by atoms with E-state index in [1.54, 1.807) is 0 Å². The molecule has 1 aliphatic carbocycles. The second kappa shape index (κ2) is 71.1. The smallest absolute Gasteiger partial charge is 0.234 e. The number of hydrogen-bond acceptors (Lipinski definition) is 17. The number of nitrogens with one attached hydrogen (secondary N) is 3. The number of nitrogens with zero attached hydrogens (tertiary/aromatic N) is 14. The molecule has 12 saturated heterocycles. The third kappa shape index (κ3) is 60.6. The van der Waals surface area contributed by atoms with Gasteiger partial charge in [-0.25, -0.2) is 0 Å². The molecule has 0 aromatic carbocycles. The molecular weight excluding hydrogens is 1230 g/mol. The molecule has 18 nitrogen and oxygen atoms in total. The summed E-state index contributed by atoms with van der Waals surface area (Å²) in [5, 5.41) is 9.31. The van der Waals surface area contributed by atoms with Gasteiger partial charge in [0.1, 0.15) is 0 Å². The fraction of sp³-hybridized carbons (Fsp3) is 0.988. The summed E-state index contributed by atoms with van der Waals surface area (Å²) < 4.78 is 0. The van der Waals surface area contributed by atoms with E-state index in [1.807, 2.05) is 88.2 Å². The maximum Gasteiger partial charge on any atom is 0.234 e. The van der Waals surface area contributed by atoms with Crippen LogP contribution in [0.5, 0.6) is 0 Å². The fourth-order valence-electron chi connectivity index (χ4n) is 13.0. The largest absolute Gasteiger partial charge is 0.354 e. The number of hydrogen-bond donors (Lipinski definition) is 3. The molecule has 13 rings (SSSR count). The molecule has 1 amide bonds. The van der Waals surface area contributed by atoms with E-state index < -0.39 is 0 Å². The van der Waals surface area contributed by atoms with Crippen LogP contribution < -0.4 is 16.0 Å². The zero-order valence-electron chi connectivity index (χ0n) is 72.7. The molecule has 1 saturated carbocycles. The Hall–Kier alpha value is -1.17. The fourth-order valence-corrected chi connectivity index (χ4v) is 13.0. The van der Waals surface area contributed by atoms with Crippen LogP contribution in [0.1, 0.15) is 217 Å². The molecule has 0 aromatic rings. The molecule has 0 aromatic heterocycles. The Kier molecular flexibility index (Phi) is 74.8. The van der Waals surface area contributed by atoms with E-state index in [4.69, 9.17) is 0 Å². The van der Waals surface area contributed by atoms with E-state index in [2.05, 4.69) is 192 Å². The molecule has 600 valence electrons. The van der Waals surface area contributed by atoms with Gasteiger partial charge in [0.05, 0.1) is 6.54 Å². The second-order valence-corrected chi connectivity index (χ2v) is 29.9. The van der Waals surface area contributed by atoms with Crippen LogP contribution in [0.15, 0.2) is 0 Å². The first kappa shape index (κ1) is 104. The molecule has 13 fully saturated rings. The van der Waals surface area contributed by atoms with Crippen LogP contribution in [0.3, 0.4) is 0 Å². The minimum Gasteiger partial charge on any atom is -0.354 e. The van der Waals surface area contributed by atoms with E-state index >= 15 is 0 Å². The topological polar surface area (TPSA) is 98.5 Å². The molecule has 3 atom stereocenters. The Morgan fingerprint density at radius 2 is 0.646 bits per heavy atom. The van der Waals surface area contributed by atoms with E-state index in [1.165, 1.54) is 285 Å². The molecule has 13 aliphatic rings. The van der Waals surface area contributed by atoms with Crippen molar-refractivity contribution in [2.75, 3.05) is 283 Å². The number of likely N-dealkylation sites (N-methyl/N-ethyl adjacent to an activating group) is 7. The van der Waals surface area contributed by atoms with Gasteiger partial charge in [0.15, 0.2) is 0 Å². The molecule has 12 aliphatic heterocycles. The van der Waals surface area contributed by atoms with Crippen molar-refractivity contribution in [3.05, 3.63) is 0 Å². The van der Waals surface area contributed by atoms with Crippen LogP contribution in [0.4, 0.5) is 0 Å². The summed E-state index contributed by atoms with van der Waals surface area (Å²) in [6.45, 7) is 53.1. The highest BCUT2D eigenvalue weighted by Crippen LogP contribution is 2.30. The highest BCUT2D eigenvalue weighted by molar-refractivity contribution is 5.78. The van der Waals surface area contributed by atoms with Crippen molar-refractivity contribution in [3.8, 4) is 0 Å². The van der Waals surface area contributed by atoms with Crippen LogP contribution in [0.25, 0.3) is 0 Å². The van der Waals surface area contributed by atoms with Crippen LogP contribution >= 0.6 is 0 Å². The number of carbonyl (C=O) groups is 1. The van der Waals surface area contributed by atoms with Gasteiger partial charge in [-0.3, -0.25) is 9.69 Å². The predicted molar refractivity (Wildman–Crippen MR) is 444 cm³/mol. The molecule has 0 radical (unpaired) electrons. The lowest BCUT2D eigenvalue weighted by atomic mass is 9.79.